The van der Waals surface area contributed by atoms with Crippen molar-refractivity contribution in [2.24, 2.45) is 5.92 Å². The molecule has 1 rings (SSSR count). The molecule has 0 spiro atoms. The molecule has 0 atom stereocenters. The van der Waals surface area contributed by atoms with E-state index in [0.717, 1.165) is 25.6 Å². The molecule has 11 heavy (non-hydrogen) atoms. The molecule has 0 radical (unpaired) electrons. The molecule has 1 N–H and O–H groups in total. The maximum absolute atomic E-state index is 8.53. The summed E-state index contributed by atoms with van der Waals surface area (Å²) >= 11 is 0. The lowest BCUT2D eigenvalue weighted by atomic mass is 9.98. The lowest BCUT2D eigenvalue weighted by molar-refractivity contribution is 0.298. The lowest BCUT2D eigenvalue weighted by Gasteiger charge is -2.24. The van der Waals surface area contributed by atoms with Gasteiger partial charge in [-0.2, -0.15) is 5.26 Å². The summed E-state index contributed by atoms with van der Waals surface area (Å²) in [5.41, 5.74) is 0. The third kappa shape index (κ3) is 2.77. The first-order chi connectivity index (χ1) is 5.33. The van der Waals surface area contributed by atoms with Crippen LogP contribution in [0.4, 0.5) is 0 Å². The highest BCUT2D eigenvalue weighted by Gasteiger charge is 2.13. The van der Waals surface area contributed by atoms with Gasteiger partial charge in [0, 0.05) is 13.6 Å². The number of piperidine rings is 1. The van der Waals surface area contributed by atoms with E-state index in [2.05, 4.69) is 11.5 Å². The highest BCUT2D eigenvalue weighted by atomic mass is 15.1. The van der Waals surface area contributed by atoms with Crippen LogP contribution in [-0.2, 0) is 0 Å². The summed E-state index contributed by atoms with van der Waals surface area (Å²) < 4.78 is 0. The fraction of sp³-hybridized carbons (Fsp3) is 0.875. The molecular formula is C8H15N3. The molecule has 1 heterocycles. The summed E-state index contributed by atoms with van der Waals surface area (Å²) in [6.07, 6.45) is 4.55. The summed E-state index contributed by atoms with van der Waals surface area (Å²) in [4.78, 5) is 1.72. The van der Waals surface area contributed by atoms with E-state index in [9.17, 15) is 0 Å². The number of nitriles is 1. The highest BCUT2D eigenvalue weighted by molar-refractivity contribution is 4.76. The van der Waals surface area contributed by atoms with Crippen LogP contribution in [0.15, 0.2) is 0 Å². The van der Waals surface area contributed by atoms with Crippen molar-refractivity contribution < 1.29 is 0 Å². The van der Waals surface area contributed by atoms with Crippen LogP contribution >= 0.6 is 0 Å². The normalized spacial score (nSPS) is 19.3. The fourth-order valence-corrected chi connectivity index (χ4v) is 1.49. The number of rotatable bonds is 2. The molecule has 0 saturated carbocycles. The quantitative estimate of drug-likeness (QED) is 0.461. The molecule has 0 bridgehead atoms. The van der Waals surface area contributed by atoms with Crippen LogP contribution in [0.3, 0.4) is 0 Å². The zero-order chi connectivity index (χ0) is 8.10. The Bertz CT molecular complexity index is 144. The Hall–Kier alpha value is -0.750. The predicted octanol–water partition coefficient (Wildman–Crippen LogP) is 0.399. The molecule has 0 amide bonds. The van der Waals surface area contributed by atoms with E-state index in [-0.39, 0.29) is 0 Å². The van der Waals surface area contributed by atoms with Crippen molar-refractivity contribution in [3.05, 3.63) is 0 Å². The van der Waals surface area contributed by atoms with E-state index in [1.807, 2.05) is 7.05 Å². The Morgan fingerprint density at radius 2 is 2.18 bits per heavy atom. The van der Waals surface area contributed by atoms with Crippen LogP contribution in [0.1, 0.15) is 12.8 Å². The van der Waals surface area contributed by atoms with Crippen LogP contribution in [0.2, 0.25) is 0 Å². The fourth-order valence-electron chi connectivity index (χ4n) is 1.49. The maximum Gasteiger partial charge on any atom is 0.179 e. The summed E-state index contributed by atoms with van der Waals surface area (Å²) in [5.74, 6) is 0.723. The maximum atomic E-state index is 8.53. The third-order valence-electron chi connectivity index (χ3n) is 2.16. The lowest BCUT2D eigenvalue weighted by Crippen LogP contribution is -2.33. The van der Waals surface area contributed by atoms with Crippen LogP contribution in [0.25, 0.3) is 0 Å². The van der Waals surface area contributed by atoms with Gasteiger partial charge in [0.2, 0.25) is 0 Å². The Labute approximate surface area is 68.0 Å². The molecule has 0 unspecified atom stereocenters. The predicted molar refractivity (Wildman–Crippen MR) is 43.8 cm³/mol. The summed E-state index contributed by atoms with van der Waals surface area (Å²) in [6, 6.07) is 0. The summed E-state index contributed by atoms with van der Waals surface area (Å²) in [6.45, 7) is 3.16. The van der Waals surface area contributed by atoms with E-state index < -0.39 is 0 Å². The topological polar surface area (TPSA) is 39.1 Å². The van der Waals surface area contributed by atoms with Crippen LogP contribution in [0.5, 0.6) is 0 Å². The van der Waals surface area contributed by atoms with Gasteiger partial charge in [0.05, 0.1) is 0 Å². The van der Waals surface area contributed by atoms with Gasteiger partial charge in [-0.15, -0.1) is 0 Å². The van der Waals surface area contributed by atoms with Gasteiger partial charge in [-0.1, -0.05) is 0 Å². The van der Waals surface area contributed by atoms with Crippen molar-refractivity contribution >= 4 is 0 Å². The molecule has 62 valence electrons. The number of nitrogens with one attached hydrogen (secondary N) is 1. The SMILES string of the molecule is CN(C#N)CC1CCNCC1. The molecule has 0 aliphatic carbocycles. The Morgan fingerprint density at radius 3 is 2.73 bits per heavy atom. The van der Waals surface area contributed by atoms with Gasteiger partial charge in [0.25, 0.3) is 0 Å². The number of hydrogen-bond acceptors (Lipinski definition) is 3. The van der Waals surface area contributed by atoms with E-state index in [1.165, 1.54) is 12.8 Å². The number of hydrogen-bond donors (Lipinski definition) is 1. The van der Waals surface area contributed by atoms with Crippen molar-refractivity contribution in [2.75, 3.05) is 26.7 Å². The molecule has 3 heteroatoms. The van der Waals surface area contributed by atoms with Gasteiger partial charge in [-0.25, -0.2) is 0 Å². The smallest absolute Gasteiger partial charge is 0.179 e. The average molecular weight is 153 g/mol. The van der Waals surface area contributed by atoms with Gasteiger partial charge < -0.3 is 10.2 Å². The third-order valence-corrected chi connectivity index (χ3v) is 2.16. The van der Waals surface area contributed by atoms with Gasteiger partial charge in [0.1, 0.15) is 0 Å². The molecular weight excluding hydrogens is 138 g/mol. The summed E-state index contributed by atoms with van der Waals surface area (Å²) in [7, 11) is 1.85. The largest absolute Gasteiger partial charge is 0.317 e. The number of nitrogens with zero attached hydrogens (tertiary/aromatic N) is 2. The molecule has 1 fully saturated rings. The summed E-state index contributed by atoms with van der Waals surface area (Å²) in [5, 5.41) is 11.8. The van der Waals surface area contributed by atoms with Gasteiger partial charge in [0.15, 0.2) is 6.19 Å². The Balaban J connectivity index is 2.20. The molecule has 1 aliphatic rings. The molecule has 0 aromatic carbocycles. The van der Waals surface area contributed by atoms with Gasteiger partial charge >= 0.3 is 0 Å². The van der Waals surface area contributed by atoms with Crippen LogP contribution in [-0.4, -0.2) is 31.6 Å². The average Bonchev–Trinajstić information content (AvgIpc) is 2.06. The molecule has 1 saturated heterocycles. The monoisotopic (exact) mass is 153 g/mol. The van der Waals surface area contributed by atoms with Crippen molar-refractivity contribution in [1.29, 1.82) is 5.26 Å². The van der Waals surface area contributed by atoms with Crippen molar-refractivity contribution in [3.63, 3.8) is 0 Å². The highest BCUT2D eigenvalue weighted by Crippen LogP contribution is 2.11. The van der Waals surface area contributed by atoms with Crippen LogP contribution < -0.4 is 5.32 Å². The van der Waals surface area contributed by atoms with Gasteiger partial charge in [-0.05, 0) is 31.8 Å². The first-order valence-corrected chi connectivity index (χ1v) is 4.14. The molecule has 0 aromatic heterocycles. The first kappa shape index (κ1) is 8.35. The van der Waals surface area contributed by atoms with Crippen molar-refractivity contribution in [1.82, 2.24) is 10.2 Å². The minimum atomic E-state index is 0.723. The second-order valence-electron chi connectivity index (χ2n) is 3.17. The first-order valence-electron chi connectivity index (χ1n) is 4.14. The molecule has 0 aromatic rings. The Morgan fingerprint density at radius 1 is 1.55 bits per heavy atom. The van der Waals surface area contributed by atoms with E-state index in [0.29, 0.717) is 0 Å². The minimum absolute atomic E-state index is 0.723. The molecule has 3 nitrogen and oxygen atoms in total. The standard InChI is InChI=1S/C8H15N3/c1-11(7-9)6-8-2-4-10-5-3-8/h8,10H,2-6H2,1H3. The minimum Gasteiger partial charge on any atom is -0.317 e. The van der Waals surface area contributed by atoms with Crippen molar-refractivity contribution in [2.45, 2.75) is 12.8 Å². The van der Waals surface area contributed by atoms with E-state index in [1.54, 1.807) is 4.90 Å². The second kappa shape index (κ2) is 4.20. The van der Waals surface area contributed by atoms with E-state index in [4.69, 9.17) is 5.26 Å². The second-order valence-corrected chi connectivity index (χ2v) is 3.17. The zero-order valence-electron chi connectivity index (χ0n) is 7.01. The van der Waals surface area contributed by atoms with Gasteiger partial charge in [-0.3, -0.25) is 0 Å². The zero-order valence-corrected chi connectivity index (χ0v) is 7.01. The van der Waals surface area contributed by atoms with Crippen LogP contribution in [0, 0.1) is 17.4 Å². The van der Waals surface area contributed by atoms with E-state index >= 15 is 0 Å². The Kier molecular flexibility index (Phi) is 3.18. The van der Waals surface area contributed by atoms with Crippen molar-refractivity contribution in [3.8, 4) is 6.19 Å². The molecule has 1 aliphatic heterocycles.